The van der Waals surface area contributed by atoms with Crippen molar-refractivity contribution in [2.45, 2.75) is 32.1 Å². The summed E-state index contributed by atoms with van der Waals surface area (Å²) in [6.45, 7) is 2.53. The summed E-state index contributed by atoms with van der Waals surface area (Å²) >= 11 is 1.93. The van der Waals surface area contributed by atoms with Gasteiger partial charge in [0.25, 0.3) is 0 Å². The van der Waals surface area contributed by atoms with E-state index in [1.165, 1.54) is 38.8 Å². The van der Waals surface area contributed by atoms with E-state index in [4.69, 9.17) is 0 Å². The largest absolute Gasteiger partial charge is 0.306 e. The van der Waals surface area contributed by atoms with Crippen molar-refractivity contribution in [1.29, 1.82) is 0 Å². The maximum absolute atomic E-state index is 11.2. The fraction of sp³-hybridized carbons (Fsp3) is 0.917. The number of hydrogen-bond acceptors (Lipinski definition) is 2. The third-order valence-corrected chi connectivity index (χ3v) is 4.88. The highest BCUT2D eigenvalue weighted by molar-refractivity contribution is 14.1. The molecule has 2 rings (SSSR count). The van der Waals surface area contributed by atoms with E-state index >= 15 is 0 Å². The highest BCUT2D eigenvalue weighted by Gasteiger charge is 2.36. The van der Waals surface area contributed by atoms with Crippen molar-refractivity contribution in [2.75, 3.05) is 20.1 Å². The van der Waals surface area contributed by atoms with Gasteiger partial charge in [-0.15, -0.1) is 0 Å². The van der Waals surface area contributed by atoms with E-state index in [-0.39, 0.29) is 5.91 Å². The number of amides is 1. The Labute approximate surface area is 112 Å². The number of nitrogens with zero attached hydrogens (tertiary/aromatic N) is 1. The Morgan fingerprint density at radius 1 is 1.31 bits per heavy atom. The summed E-state index contributed by atoms with van der Waals surface area (Å²) in [6, 6.07) is 0. The zero-order valence-electron chi connectivity index (χ0n) is 9.92. The van der Waals surface area contributed by atoms with Crippen molar-refractivity contribution in [1.82, 2.24) is 8.43 Å². The maximum atomic E-state index is 11.2. The van der Waals surface area contributed by atoms with Crippen LogP contribution in [-0.2, 0) is 4.79 Å². The first kappa shape index (κ1) is 12.6. The molecule has 0 spiro atoms. The Kier molecular flexibility index (Phi) is 4.47. The van der Waals surface area contributed by atoms with Crippen molar-refractivity contribution >= 4 is 28.8 Å². The van der Waals surface area contributed by atoms with Crippen molar-refractivity contribution in [3.63, 3.8) is 0 Å². The summed E-state index contributed by atoms with van der Waals surface area (Å²) in [4.78, 5) is 13.6. The standard InChI is InChI=1S/C12H21IN2O/c1-15-4-2-10(3-5-15)11-6-9(7-11)8-12(16)14-13/h9-11H,2-8H2,1H3,(H,14,16). The lowest BCUT2D eigenvalue weighted by atomic mass is 9.65. The summed E-state index contributed by atoms with van der Waals surface area (Å²) in [5.74, 6) is 2.72. The summed E-state index contributed by atoms with van der Waals surface area (Å²) in [7, 11) is 2.21. The number of carbonyl (C=O) groups is 1. The number of likely N-dealkylation sites (tertiary alicyclic amines) is 1. The van der Waals surface area contributed by atoms with Crippen LogP contribution in [0, 0.1) is 17.8 Å². The van der Waals surface area contributed by atoms with Gasteiger partial charge in [0, 0.05) is 6.42 Å². The molecule has 0 aromatic rings. The molecular weight excluding hydrogens is 315 g/mol. The monoisotopic (exact) mass is 336 g/mol. The van der Waals surface area contributed by atoms with Gasteiger partial charge >= 0.3 is 0 Å². The molecule has 1 aliphatic carbocycles. The second-order valence-electron chi connectivity index (χ2n) is 5.46. The van der Waals surface area contributed by atoms with Crippen molar-refractivity contribution in [3.8, 4) is 0 Å². The molecule has 1 heterocycles. The van der Waals surface area contributed by atoms with Crippen molar-refractivity contribution in [3.05, 3.63) is 0 Å². The first-order valence-corrected chi connectivity index (χ1v) is 7.35. The first-order chi connectivity index (χ1) is 7.69. The molecule has 4 heteroatoms. The summed E-state index contributed by atoms with van der Waals surface area (Å²) < 4.78 is 2.69. The number of nitrogens with one attached hydrogen (secondary N) is 1. The minimum Gasteiger partial charge on any atom is -0.306 e. The summed E-state index contributed by atoms with van der Waals surface area (Å²) in [6.07, 6.45) is 6.06. The lowest BCUT2D eigenvalue weighted by molar-refractivity contribution is -0.121. The van der Waals surface area contributed by atoms with Crippen molar-refractivity contribution < 1.29 is 4.79 Å². The molecule has 0 atom stereocenters. The van der Waals surface area contributed by atoms with Crippen LogP contribution in [0.1, 0.15) is 32.1 Å². The molecule has 0 bridgehead atoms. The molecule has 1 saturated carbocycles. The van der Waals surface area contributed by atoms with Gasteiger partial charge in [-0.05, 0) is 63.6 Å². The molecule has 0 aromatic carbocycles. The van der Waals surface area contributed by atoms with Crippen LogP contribution in [0.15, 0.2) is 0 Å². The Hall–Kier alpha value is 0.160. The van der Waals surface area contributed by atoms with Crippen LogP contribution in [0.25, 0.3) is 0 Å². The van der Waals surface area contributed by atoms with Crippen LogP contribution < -0.4 is 3.53 Å². The second kappa shape index (κ2) is 5.67. The van der Waals surface area contributed by atoms with Gasteiger partial charge in [0.1, 0.15) is 0 Å². The number of hydrogen-bond donors (Lipinski definition) is 1. The molecule has 1 N–H and O–H groups in total. The first-order valence-electron chi connectivity index (χ1n) is 6.27. The molecule has 3 nitrogen and oxygen atoms in total. The highest BCUT2D eigenvalue weighted by Crippen LogP contribution is 2.44. The predicted molar refractivity (Wildman–Crippen MR) is 73.2 cm³/mol. The quantitative estimate of drug-likeness (QED) is 0.633. The van der Waals surface area contributed by atoms with Gasteiger partial charge in [-0.25, -0.2) is 0 Å². The molecule has 1 aliphatic heterocycles. The average Bonchev–Trinajstić information content (AvgIpc) is 2.24. The Morgan fingerprint density at radius 2 is 1.94 bits per heavy atom. The van der Waals surface area contributed by atoms with Crippen molar-refractivity contribution in [2.24, 2.45) is 17.8 Å². The van der Waals surface area contributed by atoms with Crippen LogP contribution in [0.2, 0.25) is 0 Å². The van der Waals surface area contributed by atoms with E-state index in [0.29, 0.717) is 5.92 Å². The van der Waals surface area contributed by atoms with E-state index in [9.17, 15) is 4.79 Å². The predicted octanol–water partition coefficient (Wildman–Crippen LogP) is 2.21. The lowest BCUT2D eigenvalue weighted by Crippen LogP contribution is -2.39. The minimum atomic E-state index is 0.201. The average molecular weight is 336 g/mol. The zero-order chi connectivity index (χ0) is 11.5. The van der Waals surface area contributed by atoms with Crippen LogP contribution in [0.4, 0.5) is 0 Å². The Balaban J connectivity index is 1.66. The van der Waals surface area contributed by atoms with E-state index in [2.05, 4.69) is 15.5 Å². The Morgan fingerprint density at radius 3 is 2.50 bits per heavy atom. The van der Waals surface area contributed by atoms with Gasteiger partial charge in [0.2, 0.25) is 5.91 Å². The molecule has 2 fully saturated rings. The highest BCUT2D eigenvalue weighted by atomic mass is 127. The smallest absolute Gasteiger partial charge is 0.228 e. The minimum absolute atomic E-state index is 0.201. The summed E-state index contributed by atoms with van der Waals surface area (Å²) in [5, 5.41) is 0. The van der Waals surface area contributed by atoms with Gasteiger partial charge in [-0.2, -0.15) is 0 Å². The number of carbonyl (C=O) groups excluding carboxylic acids is 1. The molecule has 92 valence electrons. The fourth-order valence-corrected chi connectivity index (χ4v) is 3.36. The third-order valence-electron chi connectivity index (χ3n) is 4.28. The molecular formula is C12H21IN2O. The van der Waals surface area contributed by atoms with E-state index in [1.54, 1.807) is 0 Å². The maximum Gasteiger partial charge on any atom is 0.228 e. The van der Waals surface area contributed by atoms with Crippen LogP contribution in [-0.4, -0.2) is 30.9 Å². The van der Waals surface area contributed by atoms with Gasteiger partial charge in [0.15, 0.2) is 0 Å². The van der Waals surface area contributed by atoms with Gasteiger partial charge in [-0.1, -0.05) is 0 Å². The van der Waals surface area contributed by atoms with Gasteiger partial charge < -0.3 is 4.90 Å². The molecule has 16 heavy (non-hydrogen) atoms. The van der Waals surface area contributed by atoms with E-state index in [1.807, 2.05) is 22.9 Å². The Bertz CT molecular complexity index is 245. The lowest BCUT2D eigenvalue weighted by Gasteiger charge is -2.43. The van der Waals surface area contributed by atoms with Crippen LogP contribution in [0.5, 0.6) is 0 Å². The second-order valence-corrected chi connectivity index (χ2v) is 6.00. The molecule has 0 unspecified atom stereocenters. The fourth-order valence-electron chi connectivity index (χ4n) is 3.14. The SMILES string of the molecule is CN1CCC(C2CC(CC(=O)NI)C2)CC1. The molecule has 1 saturated heterocycles. The molecule has 0 aromatic heterocycles. The number of rotatable bonds is 3. The normalized spacial score (nSPS) is 32.1. The third kappa shape index (κ3) is 3.09. The number of piperidine rings is 1. The van der Waals surface area contributed by atoms with E-state index < -0.39 is 0 Å². The topological polar surface area (TPSA) is 32.3 Å². The van der Waals surface area contributed by atoms with Crippen LogP contribution in [0.3, 0.4) is 0 Å². The van der Waals surface area contributed by atoms with Gasteiger partial charge in [-0.3, -0.25) is 8.32 Å². The number of halogens is 1. The summed E-state index contributed by atoms with van der Waals surface area (Å²) in [5.41, 5.74) is 0. The molecule has 1 amide bonds. The van der Waals surface area contributed by atoms with Crippen LogP contribution >= 0.6 is 22.9 Å². The van der Waals surface area contributed by atoms with Gasteiger partial charge in [0.05, 0.1) is 22.9 Å². The molecule has 2 aliphatic rings. The molecule has 0 radical (unpaired) electrons. The van der Waals surface area contributed by atoms with E-state index in [0.717, 1.165) is 18.3 Å². The zero-order valence-corrected chi connectivity index (χ0v) is 12.1.